The number of hydrogen-bond acceptors (Lipinski definition) is 7. The predicted octanol–water partition coefficient (Wildman–Crippen LogP) is 3.06. The topological polar surface area (TPSA) is 111 Å². The Morgan fingerprint density at radius 2 is 1.94 bits per heavy atom. The van der Waals surface area contributed by atoms with Crippen LogP contribution in [-0.4, -0.2) is 48.9 Å². The minimum absolute atomic E-state index is 0.0977. The highest BCUT2D eigenvalue weighted by atomic mass is 16.2. The fourth-order valence-electron chi connectivity index (χ4n) is 5.32. The molecule has 1 fully saturated rings. The molecule has 0 atom stereocenters. The Balaban J connectivity index is 1.26. The number of benzene rings is 2. The average Bonchev–Trinajstić information content (AvgIpc) is 3.42. The number of pyridine rings is 1. The molecule has 0 aliphatic carbocycles. The van der Waals surface area contributed by atoms with Gasteiger partial charge in [-0.1, -0.05) is 23.4 Å². The highest BCUT2D eigenvalue weighted by Gasteiger charge is 2.47. The zero-order valence-corrected chi connectivity index (χ0v) is 18.9. The maximum Gasteiger partial charge on any atom is 0.235 e. The molecule has 3 aromatic heterocycles. The second-order valence-corrected chi connectivity index (χ2v) is 9.23. The number of carbonyl (C=O) groups is 1. The first-order valence-electron chi connectivity index (χ1n) is 11.8. The number of amides is 1. The van der Waals surface area contributed by atoms with Gasteiger partial charge in [0.1, 0.15) is 0 Å². The molecule has 9 heteroatoms. The van der Waals surface area contributed by atoms with Crippen LogP contribution in [0.25, 0.3) is 33.5 Å². The number of anilines is 1. The third-order valence-corrected chi connectivity index (χ3v) is 7.20. The van der Waals surface area contributed by atoms with E-state index >= 15 is 0 Å². The highest BCUT2D eigenvalue weighted by Crippen LogP contribution is 2.45. The van der Waals surface area contributed by atoms with Crippen LogP contribution in [0, 0.1) is 0 Å². The monoisotopic (exact) mass is 462 g/mol. The van der Waals surface area contributed by atoms with Gasteiger partial charge < -0.3 is 10.6 Å². The molecule has 2 aliphatic heterocycles. The first-order chi connectivity index (χ1) is 17.2. The van der Waals surface area contributed by atoms with Crippen LogP contribution in [0.1, 0.15) is 24.0 Å². The summed E-state index contributed by atoms with van der Waals surface area (Å²) in [6.45, 7) is 2.19. The van der Waals surface area contributed by atoms with E-state index in [0.29, 0.717) is 17.8 Å². The smallest absolute Gasteiger partial charge is 0.235 e. The molecule has 2 aliphatic rings. The maximum absolute atomic E-state index is 12.9. The number of hydrogen-bond donors (Lipinski definition) is 2. The molecule has 1 saturated heterocycles. The molecular formula is C26H22N8O. The molecule has 0 unspecified atom stereocenters. The van der Waals surface area contributed by atoms with Gasteiger partial charge in [-0.15, -0.1) is 5.10 Å². The molecule has 0 bridgehead atoms. The van der Waals surface area contributed by atoms with Crippen molar-refractivity contribution in [3.05, 3.63) is 72.1 Å². The van der Waals surface area contributed by atoms with E-state index in [1.807, 2.05) is 36.4 Å². The number of piperidine rings is 1. The van der Waals surface area contributed by atoms with E-state index < -0.39 is 5.41 Å². The van der Waals surface area contributed by atoms with E-state index in [-0.39, 0.29) is 5.91 Å². The molecule has 1 amide bonds. The Hall–Kier alpha value is -4.24. The molecule has 35 heavy (non-hydrogen) atoms. The largest absolute Gasteiger partial charge is 0.325 e. The minimum atomic E-state index is -0.470. The van der Waals surface area contributed by atoms with Gasteiger partial charge in [-0.05, 0) is 67.4 Å². The molecule has 5 aromatic rings. The van der Waals surface area contributed by atoms with Gasteiger partial charge in [-0.2, -0.15) is 0 Å². The van der Waals surface area contributed by atoms with E-state index in [1.165, 1.54) is 0 Å². The van der Waals surface area contributed by atoms with Crippen LogP contribution < -0.4 is 10.6 Å². The fourth-order valence-corrected chi connectivity index (χ4v) is 5.32. The number of nitrogens with zero attached hydrogens (tertiary/aromatic N) is 6. The summed E-state index contributed by atoms with van der Waals surface area (Å²) in [5.41, 5.74) is 6.31. The zero-order valence-electron chi connectivity index (χ0n) is 18.9. The third-order valence-electron chi connectivity index (χ3n) is 7.20. The Labute approximate surface area is 200 Å². The van der Waals surface area contributed by atoms with E-state index in [1.54, 1.807) is 17.1 Å². The minimum Gasteiger partial charge on any atom is -0.325 e. The van der Waals surface area contributed by atoms with Gasteiger partial charge in [-0.25, -0.2) is 14.6 Å². The van der Waals surface area contributed by atoms with E-state index in [9.17, 15) is 4.79 Å². The van der Waals surface area contributed by atoms with E-state index in [2.05, 4.69) is 43.0 Å². The first-order valence-corrected chi connectivity index (χ1v) is 11.8. The van der Waals surface area contributed by atoms with Crippen LogP contribution in [0.15, 0.2) is 60.9 Å². The summed E-state index contributed by atoms with van der Waals surface area (Å²) < 4.78 is 1.77. The molecular weight excluding hydrogens is 440 g/mol. The molecule has 2 aromatic carbocycles. The van der Waals surface area contributed by atoms with E-state index in [0.717, 1.165) is 64.9 Å². The molecule has 7 rings (SSSR count). The Morgan fingerprint density at radius 3 is 2.86 bits per heavy atom. The van der Waals surface area contributed by atoms with Crippen molar-refractivity contribution in [3.8, 4) is 11.3 Å². The molecule has 172 valence electrons. The first kappa shape index (κ1) is 20.2. The van der Waals surface area contributed by atoms with Crippen LogP contribution in [0.2, 0.25) is 0 Å². The van der Waals surface area contributed by atoms with Crippen LogP contribution in [-0.2, 0) is 16.8 Å². The standard InChI is InChI=1S/C26H22N8O/c35-25-26(7-10-27-11-8-26)19-13-18(4-6-21(19)31-25)22-14-29-23-24(30-22)34(33-32-23)15-16-3-5-20-17(12-16)2-1-9-28-20/h1-6,9,12-14,27H,7-8,10-11,15H2,(H,31,35). The van der Waals surface area contributed by atoms with Gasteiger partial charge in [0.25, 0.3) is 0 Å². The van der Waals surface area contributed by atoms with Crippen molar-refractivity contribution >= 4 is 33.8 Å². The number of aromatic nitrogens is 6. The quantitative estimate of drug-likeness (QED) is 0.424. The third kappa shape index (κ3) is 3.19. The van der Waals surface area contributed by atoms with Gasteiger partial charge in [0.2, 0.25) is 11.6 Å². The van der Waals surface area contributed by atoms with Gasteiger partial charge >= 0.3 is 0 Å². The number of carbonyl (C=O) groups excluding carboxylic acids is 1. The number of rotatable bonds is 3. The molecule has 2 N–H and O–H groups in total. The highest BCUT2D eigenvalue weighted by molar-refractivity contribution is 6.06. The lowest BCUT2D eigenvalue weighted by atomic mass is 9.74. The predicted molar refractivity (Wildman–Crippen MR) is 132 cm³/mol. The van der Waals surface area contributed by atoms with E-state index in [4.69, 9.17) is 4.98 Å². The van der Waals surface area contributed by atoms with Crippen molar-refractivity contribution in [2.45, 2.75) is 24.8 Å². The lowest BCUT2D eigenvalue weighted by Crippen LogP contribution is -2.44. The molecule has 9 nitrogen and oxygen atoms in total. The normalized spacial score (nSPS) is 16.6. The molecule has 1 spiro atoms. The fraction of sp³-hybridized carbons (Fsp3) is 0.231. The van der Waals surface area contributed by atoms with Crippen LogP contribution in [0.4, 0.5) is 5.69 Å². The zero-order chi connectivity index (χ0) is 23.4. The lowest BCUT2D eigenvalue weighted by Gasteiger charge is -2.32. The summed E-state index contributed by atoms with van der Waals surface area (Å²) in [7, 11) is 0. The summed E-state index contributed by atoms with van der Waals surface area (Å²) >= 11 is 0. The Morgan fingerprint density at radius 1 is 1.03 bits per heavy atom. The second-order valence-electron chi connectivity index (χ2n) is 9.23. The van der Waals surface area contributed by atoms with Crippen LogP contribution in [0.5, 0.6) is 0 Å². The Bertz CT molecular complexity index is 1620. The van der Waals surface area contributed by atoms with Gasteiger partial charge in [0.05, 0.1) is 29.4 Å². The molecule has 0 saturated carbocycles. The average molecular weight is 463 g/mol. The summed E-state index contributed by atoms with van der Waals surface area (Å²) in [4.78, 5) is 26.7. The summed E-state index contributed by atoms with van der Waals surface area (Å²) in [5, 5.41) is 16.0. The van der Waals surface area contributed by atoms with Crippen LogP contribution >= 0.6 is 0 Å². The van der Waals surface area contributed by atoms with Crippen molar-refractivity contribution in [1.82, 2.24) is 35.3 Å². The van der Waals surface area contributed by atoms with Gasteiger partial charge in [0, 0.05) is 22.8 Å². The summed E-state index contributed by atoms with van der Waals surface area (Å²) in [6.07, 6.45) is 5.10. The van der Waals surface area contributed by atoms with Crippen molar-refractivity contribution in [1.29, 1.82) is 0 Å². The lowest BCUT2D eigenvalue weighted by molar-refractivity contribution is -0.121. The molecule has 0 radical (unpaired) electrons. The second kappa shape index (κ2) is 7.64. The SMILES string of the molecule is O=C1Nc2ccc(-c3cnc4nnn(Cc5ccc6ncccc6c5)c4n3)cc2C12CCNCC2. The van der Waals surface area contributed by atoms with Crippen molar-refractivity contribution in [2.24, 2.45) is 0 Å². The Kier molecular flexibility index (Phi) is 4.40. The molecule has 5 heterocycles. The summed E-state index contributed by atoms with van der Waals surface area (Å²) in [6, 6.07) is 16.2. The van der Waals surface area contributed by atoms with Crippen molar-refractivity contribution < 1.29 is 4.79 Å². The number of nitrogens with one attached hydrogen (secondary N) is 2. The number of fused-ring (bicyclic) bond motifs is 4. The maximum atomic E-state index is 12.9. The van der Waals surface area contributed by atoms with Crippen molar-refractivity contribution in [3.63, 3.8) is 0 Å². The summed E-state index contributed by atoms with van der Waals surface area (Å²) in [5.74, 6) is 0.0977. The van der Waals surface area contributed by atoms with Gasteiger partial charge in [0.15, 0.2) is 5.65 Å². The van der Waals surface area contributed by atoms with Crippen molar-refractivity contribution in [2.75, 3.05) is 18.4 Å². The van der Waals surface area contributed by atoms with Crippen LogP contribution in [0.3, 0.4) is 0 Å². The van der Waals surface area contributed by atoms with Gasteiger partial charge in [-0.3, -0.25) is 9.78 Å².